The molecule has 14 heavy (non-hydrogen) atoms. The molecule has 0 fully saturated rings. The largest absolute Gasteiger partial charge is 0.378 e. The molecule has 0 saturated heterocycles. The first kappa shape index (κ1) is 10.5. The number of aliphatic hydroxyl groups is 1. The molecule has 6 heteroatoms. The van der Waals surface area contributed by atoms with Crippen LogP contribution >= 0.6 is 0 Å². The minimum atomic E-state index is -1.85. The van der Waals surface area contributed by atoms with Crippen molar-refractivity contribution in [3.05, 3.63) is 35.1 Å². The number of hydrogen-bond acceptors (Lipinski definition) is 2. The summed E-state index contributed by atoms with van der Waals surface area (Å²) in [7, 11) is 0. The molecule has 0 saturated carbocycles. The summed E-state index contributed by atoms with van der Waals surface area (Å²) < 4.78 is 37.6. The number of halogens is 3. The number of carbonyl (C=O) groups is 1. The van der Waals surface area contributed by atoms with Crippen molar-refractivity contribution in [1.82, 2.24) is 0 Å². The average molecular weight is 205 g/mol. The van der Waals surface area contributed by atoms with Gasteiger partial charge >= 0.3 is 0 Å². The number of amides is 1. The van der Waals surface area contributed by atoms with Gasteiger partial charge < -0.3 is 10.8 Å². The van der Waals surface area contributed by atoms with Crippen molar-refractivity contribution in [3.8, 4) is 0 Å². The van der Waals surface area contributed by atoms with Gasteiger partial charge in [0.15, 0.2) is 23.6 Å². The van der Waals surface area contributed by atoms with Gasteiger partial charge in [-0.1, -0.05) is 0 Å². The topological polar surface area (TPSA) is 63.3 Å². The minimum absolute atomic E-state index is 0.422. The lowest BCUT2D eigenvalue weighted by Crippen LogP contribution is -2.21. The highest BCUT2D eigenvalue weighted by atomic mass is 19.2. The van der Waals surface area contributed by atoms with Crippen LogP contribution in [-0.2, 0) is 4.79 Å². The van der Waals surface area contributed by atoms with E-state index in [0.717, 1.165) is 0 Å². The molecule has 0 heterocycles. The lowest BCUT2D eigenvalue weighted by molar-refractivity contribution is -0.126. The normalized spacial score (nSPS) is 12.6. The van der Waals surface area contributed by atoms with E-state index < -0.39 is 35.0 Å². The van der Waals surface area contributed by atoms with Gasteiger partial charge in [-0.3, -0.25) is 4.79 Å². The van der Waals surface area contributed by atoms with Crippen LogP contribution in [0.3, 0.4) is 0 Å². The first-order valence-corrected chi connectivity index (χ1v) is 3.55. The molecule has 1 rings (SSSR count). The molecule has 0 spiro atoms. The summed E-state index contributed by atoms with van der Waals surface area (Å²) in [4.78, 5) is 10.4. The summed E-state index contributed by atoms with van der Waals surface area (Å²) in [5.41, 5.74) is 4.26. The molecule has 1 atom stereocenters. The van der Waals surface area contributed by atoms with Crippen LogP contribution in [0.1, 0.15) is 11.7 Å². The van der Waals surface area contributed by atoms with Gasteiger partial charge in [0.1, 0.15) is 0 Å². The van der Waals surface area contributed by atoms with Gasteiger partial charge in [-0.2, -0.15) is 0 Å². The molecule has 1 unspecified atom stereocenters. The van der Waals surface area contributed by atoms with Crippen molar-refractivity contribution in [3.63, 3.8) is 0 Å². The highest BCUT2D eigenvalue weighted by molar-refractivity contribution is 5.80. The van der Waals surface area contributed by atoms with Gasteiger partial charge in [-0.25, -0.2) is 13.2 Å². The average Bonchev–Trinajstić information content (AvgIpc) is 2.12. The fourth-order valence-electron chi connectivity index (χ4n) is 0.897. The van der Waals surface area contributed by atoms with Gasteiger partial charge in [0.25, 0.3) is 5.91 Å². The minimum Gasteiger partial charge on any atom is -0.378 e. The van der Waals surface area contributed by atoms with E-state index in [2.05, 4.69) is 5.73 Å². The Labute approximate surface area is 77.0 Å². The lowest BCUT2D eigenvalue weighted by Gasteiger charge is -2.07. The van der Waals surface area contributed by atoms with Crippen LogP contribution in [0.5, 0.6) is 0 Å². The highest BCUT2D eigenvalue weighted by Gasteiger charge is 2.18. The Kier molecular flexibility index (Phi) is 2.76. The third-order valence-corrected chi connectivity index (χ3v) is 1.59. The molecular formula is C8H6F3NO2. The zero-order valence-electron chi connectivity index (χ0n) is 6.80. The summed E-state index contributed by atoms with van der Waals surface area (Å²) in [6, 6.07) is 1.02. The second-order valence-corrected chi connectivity index (χ2v) is 2.60. The maximum atomic E-state index is 12.6. The van der Waals surface area contributed by atoms with Crippen molar-refractivity contribution >= 4 is 5.91 Å². The molecule has 1 aromatic rings. The quantitative estimate of drug-likeness (QED) is 0.695. The first-order valence-electron chi connectivity index (χ1n) is 3.55. The molecule has 3 N–H and O–H groups in total. The maximum absolute atomic E-state index is 12.6. The number of primary amides is 1. The van der Waals surface area contributed by atoms with E-state index in [4.69, 9.17) is 5.11 Å². The molecule has 0 aliphatic rings. The Morgan fingerprint density at radius 2 is 1.71 bits per heavy atom. The van der Waals surface area contributed by atoms with E-state index in [0.29, 0.717) is 12.1 Å². The van der Waals surface area contributed by atoms with Gasteiger partial charge in [-0.05, 0) is 17.7 Å². The van der Waals surface area contributed by atoms with E-state index in [1.54, 1.807) is 0 Å². The number of rotatable bonds is 2. The van der Waals surface area contributed by atoms with E-state index in [1.807, 2.05) is 0 Å². The van der Waals surface area contributed by atoms with E-state index in [9.17, 15) is 18.0 Å². The zero-order chi connectivity index (χ0) is 10.9. The van der Waals surface area contributed by atoms with Crippen molar-refractivity contribution in [2.24, 2.45) is 5.73 Å². The standard InChI is InChI=1S/C8H6F3NO2/c9-4-1-3(7(13)8(12)14)2-5(10)6(4)11/h1-2,7,13H,(H2,12,14). The molecular weight excluding hydrogens is 199 g/mol. The summed E-state index contributed by atoms with van der Waals surface area (Å²) in [5.74, 6) is -5.80. The monoisotopic (exact) mass is 205 g/mol. The smallest absolute Gasteiger partial charge is 0.250 e. The Bertz CT molecular complexity index is 358. The van der Waals surface area contributed by atoms with Crippen LogP contribution in [0.25, 0.3) is 0 Å². The van der Waals surface area contributed by atoms with Gasteiger partial charge in [-0.15, -0.1) is 0 Å². The molecule has 3 nitrogen and oxygen atoms in total. The molecule has 0 radical (unpaired) electrons. The highest BCUT2D eigenvalue weighted by Crippen LogP contribution is 2.18. The van der Waals surface area contributed by atoms with Gasteiger partial charge in [0.05, 0.1) is 0 Å². The van der Waals surface area contributed by atoms with Crippen LogP contribution in [0.2, 0.25) is 0 Å². The summed E-state index contributed by atoms with van der Waals surface area (Å²) in [5, 5.41) is 9.01. The Hall–Kier alpha value is -1.56. The Morgan fingerprint density at radius 3 is 2.07 bits per heavy atom. The Balaban J connectivity index is 3.19. The van der Waals surface area contributed by atoms with E-state index >= 15 is 0 Å². The van der Waals surface area contributed by atoms with E-state index in [1.165, 1.54) is 0 Å². The van der Waals surface area contributed by atoms with Crippen LogP contribution in [0, 0.1) is 17.5 Å². The fraction of sp³-hybridized carbons (Fsp3) is 0.125. The fourth-order valence-corrected chi connectivity index (χ4v) is 0.897. The molecule has 0 aliphatic heterocycles. The Morgan fingerprint density at radius 1 is 1.29 bits per heavy atom. The molecule has 76 valence electrons. The maximum Gasteiger partial charge on any atom is 0.250 e. The summed E-state index contributed by atoms with van der Waals surface area (Å²) in [6.07, 6.45) is -1.85. The van der Waals surface area contributed by atoms with Crippen molar-refractivity contribution in [2.45, 2.75) is 6.10 Å². The number of aliphatic hydroxyl groups excluding tert-OH is 1. The first-order chi connectivity index (χ1) is 6.43. The second-order valence-electron chi connectivity index (χ2n) is 2.60. The molecule has 0 bridgehead atoms. The van der Waals surface area contributed by atoms with Crippen molar-refractivity contribution in [1.29, 1.82) is 0 Å². The molecule has 0 aromatic heterocycles. The zero-order valence-corrected chi connectivity index (χ0v) is 6.80. The van der Waals surface area contributed by atoms with Gasteiger partial charge in [0.2, 0.25) is 0 Å². The SMILES string of the molecule is NC(=O)C(O)c1cc(F)c(F)c(F)c1. The van der Waals surface area contributed by atoms with Crippen LogP contribution in [0.4, 0.5) is 13.2 Å². The number of benzene rings is 1. The third kappa shape index (κ3) is 1.85. The number of carbonyl (C=O) groups excluding carboxylic acids is 1. The number of nitrogens with two attached hydrogens (primary N) is 1. The van der Waals surface area contributed by atoms with Gasteiger partial charge in [0, 0.05) is 0 Å². The molecule has 1 aromatic carbocycles. The lowest BCUT2D eigenvalue weighted by atomic mass is 10.1. The third-order valence-electron chi connectivity index (χ3n) is 1.59. The molecule has 1 amide bonds. The van der Waals surface area contributed by atoms with Crippen molar-refractivity contribution in [2.75, 3.05) is 0 Å². The predicted molar refractivity (Wildman–Crippen MR) is 40.5 cm³/mol. The van der Waals surface area contributed by atoms with E-state index in [-0.39, 0.29) is 0 Å². The van der Waals surface area contributed by atoms with Crippen molar-refractivity contribution < 1.29 is 23.1 Å². The summed E-state index contributed by atoms with van der Waals surface area (Å²) >= 11 is 0. The van der Waals surface area contributed by atoms with Crippen LogP contribution < -0.4 is 5.73 Å². The molecule has 0 aliphatic carbocycles. The summed E-state index contributed by atoms with van der Waals surface area (Å²) in [6.45, 7) is 0. The number of hydrogen-bond donors (Lipinski definition) is 2. The van der Waals surface area contributed by atoms with Crippen LogP contribution in [-0.4, -0.2) is 11.0 Å². The second kappa shape index (κ2) is 3.67. The van der Waals surface area contributed by atoms with Crippen LogP contribution in [0.15, 0.2) is 12.1 Å². The predicted octanol–water partition coefficient (Wildman–Crippen LogP) is 0.623.